The summed E-state index contributed by atoms with van der Waals surface area (Å²) in [7, 11) is 2.65. The van der Waals surface area contributed by atoms with Crippen molar-refractivity contribution in [2.24, 2.45) is 0 Å². The van der Waals surface area contributed by atoms with Crippen LogP contribution >= 0.6 is 0 Å². The number of rotatable bonds is 7. The van der Waals surface area contributed by atoms with Gasteiger partial charge in [-0.1, -0.05) is 24.3 Å². The van der Waals surface area contributed by atoms with E-state index in [1.807, 2.05) is 0 Å². The van der Waals surface area contributed by atoms with Crippen LogP contribution in [-0.4, -0.2) is 52.7 Å². The fourth-order valence-electron chi connectivity index (χ4n) is 2.05. The zero-order valence-corrected chi connectivity index (χ0v) is 15.4. The van der Waals surface area contributed by atoms with Crippen LogP contribution in [0.3, 0.4) is 0 Å². The van der Waals surface area contributed by atoms with Crippen LogP contribution < -0.4 is 0 Å². The first-order valence-electron chi connectivity index (χ1n) is 8.08. The molecule has 4 N–H and O–H groups in total. The number of aromatic hydroxyl groups is 2. The van der Waals surface area contributed by atoms with Gasteiger partial charge in [-0.25, -0.2) is 9.59 Å². The Balaban J connectivity index is 0.000000280. The molecule has 0 radical (unpaired) electrons. The first kappa shape index (κ1) is 22.5. The van der Waals surface area contributed by atoms with Gasteiger partial charge in [0.15, 0.2) is 6.10 Å². The molecule has 28 heavy (non-hydrogen) atoms. The number of phenolic OH excluding ortho intramolecular Hbond substituents is 2. The Kier molecular flexibility index (Phi) is 9.05. The fraction of sp³-hybridized carbons (Fsp3) is 0.200. The van der Waals surface area contributed by atoms with E-state index in [1.54, 1.807) is 24.3 Å². The van der Waals surface area contributed by atoms with Gasteiger partial charge in [-0.2, -0.15) is 0 Å². The van der Waals surface area contributed by atoms with E-state index < -0.39 is 18.0 Å². The summed E-state index contributed by atoms with van der Waals surface area (Å²) in [5.41, 5.74) is 1.47. The number of aliphatic carboxylic acids is 2. The number of phenols is 2. The lowest BCUT2D eigenvalue weighted by Gasteiger charge is -2.09. The summed E-state index contributed by atoms with van der Waals surface area (Å²) in [6.45, 7) is 0. The molecule has 0 aliphatic rings. The van der Waals surface area contributed by atoms with Crippen molar-refractivity contribution in [2.75, 3.05) is 14.2 Å². The molecule has 1 atom stereocenters. The van der Waals surface area contributed by atoms with Crippen LogP contribution in [0.25, 0.3) is 6.08 Å². The lowest BCUT2D eigenvalue weighted by Crippen LogP contribution is -2.24. The third-order valence-electron chi connectivity index (χ3n) is 3.54. The molecule has 2 aromatic carbocycles. The van der Waals surface area contributed by atoms with E-state index in [9.17, 15) is 9.59 Å². The Labute approximate surface area is 161 Å². The number of carboxylic acids is 2. The average Bonchev–Trinajstić information content (AvgIpc) is 2.67. The molecule has 0 amide bonds. The number of carboxylic acid groups (broad SMARTS) is 2. The second kappa shape index (κ2) is 11.2. The fourth-order valence-corrected chi connectivity index (χ4v) is 2.05. The molecule has 1 unspecified atom stereocenters. The monoisotopic (exact) mass is 390 g/mol. The highest BCUT2D eigenvalue weighted by Gasteiger charge is 2.16. The van der Waals surface area contributed by atoms with E-state index in [0.29, 0.717) is 12.0 Å². The first-order valence-corrected chi connectivity index (χ1v) is 8.08. The van der Waals surface area contributed by atoms with E-state index in [4.69, 9.17) is 25.2 Å². The SMILES string of the molecule is COC(=Cc1ccc(O)cc1)C(=O)O.COC(Cc1ccc(O)cc1)C(=O)O. The molecule has 0 aromatic heterocycles. The van der Waals surface area contributed by atoms with Gasteiger partial charge in [-0.15, -0.1) is 0 Å². The highest BCUT2D eigenvalue weighted by molar-refractivity contribution is 5.89. The van der Waals surface area contributed by atoms with Crippen molar-refractivity contribution in [3.05, 3.63) is 65.4 Å². The van der Waals surface area contributed by atoms with E-state index >= 15 is 0 Å². The average molecular weight is 390 g/mol. The number of hydrogen-bond acceptors (Lipinski definition) is 6. The van der Waals surface area contributed by atoms with Gasteiger partial charge in [0.1, 0.15) is 11.5 Å². The molecule has 0 fully saturated rings. The minimum absolute atomic E-state index is 0.136. The lowest BCUT2D eigenvalue weighted by molar-refractivity contribution is -0.148. The van der Waals surface area contributed by atoms with Crippen LogP contribution in [0.5, 0.6) is 11.5 Å². The van der Waals surface area contributed by atoms with Gasteiger partial charge in [0.2, 0.25) is 5.76 Å². The summed E-state index contributed by atoms with van der Waals surface area (Å²) < 4.78 is 9.43. The highest BCUT2D eigenvalue weighted by atomic mass is 16.5. The molecular formula is C20H22O8. The van der Waals surface area contributed by atoms with Crippen LogP contribution in [0.2, 0.25) is 0 Å². The number of benzene rings is 2. The van der Waals surface area contributed by atoms with Gasteiger partial charge in [0, 0.05) is 13.5 Å². The molecular weight excluding hydrogens is 368 g/mol. The molecule has 0 heterocycles. The van der Waals surface area contributed by atoms with Crippen molar-refractivity contribution >= 4 is 18.0 Å². The van der Waals surface area contributed by atoms with Gasteiger partial charge in [0.05, 0.1) is 7.11 Å². The molecule has 0 saturated heterocycles. The van der Waals surface area contributed by atoms with Crippen LogP contribution in [0.15, 0.2) is 54.3 Å². The van der Waals surface area contributed by atoms with E-state index in [0.717, 1.165) is 5.56 Å². The van der Waals surface area contributed by atoms with Gasteiger partial charge in [0.25, 0.3) is 0 Å². The Hall–Kier alpha value is -3.52. The maximum Gasteiger partial charge on any atom is 0.371 e. The third-order valence-corrected chi connectivity index (χ3v) is 3.54. The Morgan fingerprint density at radius 1 is 0.929 bits per heavy atom. The molecule has 0 aliphatic carbocycles. The zero-order chi connectivity index (χ0) is 21.1. The smallest absolute Gasteiger partial charge is 0.371 e. The molecule has 150 valence electrons. The minimum Gasteiger partial charge on any atom is -0.508 e. The second-order valence-electron chi connectivity index (χ2n) is 5.54. The van der Waals surface area contributed by atoms with Crippen molar-refractivity contribution in [3.8, 4) is 11.5 Å². The Morgan fingerprint density at radius 3 is 1.82 bits per heavy atom. The van der Waals surface area contributed by atoms with Crippen molar-refractivity contribution in [1.82, 2.24) is 0 Å². The number of ether oxygens (including phenoxy) is 2. The van der Waals surface area contributed by atoms with Crippen LogP contribution in [0, 0.1) is 0 Å². The maximum atomic E-state index is 10.6. The third kappa shape index (κ3) is 7.79. The minimum atomic E-state index is -1.12. The Morgan fingerprint density at radius 2 is 1.43 bits per heavy atom. The van der Waals surface area contributed by atoms with E-state index in [-0.39, 0.29) is 17.3 Å². The molecule has 0 bridgehead atoms. The van der Waals surface area contributed by atoms with Crippen LogP contribution in [-0.2, 0) is 25.5 Å². The summed E-state index contributed by atoms with van der Waals surface area (Å²) in [4.78, 5) is 21.2. The number of hydrogen-bond donors (Lipinski definition) is 4. The highest BCUT2D eigenvalue weighted by Crippen LogP contribution is 2.13. The van der Waals surface area contributed by atoms with Gasteiger partial charge < -0.3 is 29.9 Å². The standard InChI is InChI=1S/C10H12O4.C10H10O4/c2*1-14-9(10(12)13)6-7-2-4-8(11)5-3-7/h2-5,9,11H,6H2,1H3,(H,12,13);2-6,11H,1H3,(H,12,13). The van der Waals surface area contributed by atoms with Gasteiger partial charge in [-0.05, 0) is 41.5 Å². The summed E-state index contributed by atoms with van der Waals surface area (Å²) in [5, 5.41) is 35.4. The zero-order valence-electron chi connectivity index (χ0n) is 15.4. The topological polar surface area (TPSA) is 134 Å². The maximum absolute atomic E-state index is 10.6. The quantitative estimate of drug-likeness (QED) is 0.419. The summed E-state index contributed by atoms with van der Waals surface area (Å²) in [6.07, 6.45) is 0.841. The lowest BCUT2D eigenvalue weighted by atomic mass is 10.1. The molecule has 8 heteroatoms. The molecule has 2 rings (SSSR count). The predicted octanol–water partition coefficient (Wildman–Crippen LogP) is 2.50. The second-order valence-corrected chi connectivity index (χ2v) is 5.54. The van der Waals surface area contributed by atoms with Gasteiger partial charge >= 0.3 is 11.9 Å². The van der Waals surface area contributed by atoms with Crippen molar-refractivity contribution in [2.45, 2.75) is 12.5 Å². The summed E-state index contributed by atoms with van der Waals surface area (Å²) in [5.74, 6) is -1.95. The molecule has 0 saturated carbocycles. The normalized spacial score (nSPS) is 11.7. The molecule has 8 nitrogen and oxygen atoms in total. The summed E-state index contributed by atoms with van der Waals surface area (Å²) >= 11 is 0. The largest absolute Gasteiger partial charge is 0.508 e. The van der Waals surface area contributed by atoms with E-state index in [1.165, 1.54) is 44.6 Å². The Bertz CT molecular complexity index is 794. The molecule has 0 aliphatic heterocycles. The van der Waals surface area contributed by atoms with Gasteiger partial charge in [-0.3, -0.25) is 0 Å². The van der Waals surface area contributed by atoms with Crippen LogP contribution in [0.4, 0.5) is 0 Å². The molecule has 0 spiro atoms. The predicted molar refractivity (Wildman–Crippen MR) is 101 cm³/mol. The first-order chi connectivity index (χ1) is 13.3. The van der Waals surface area contributed by atoms with Crippen molar-refractivity contribution in [3.63, 3.8) is 0 Å². The van der Waals surface area contributed by atoms with Crippen molar-refractivity contribution < 1.29 is 39.5 Å². The summed E-state index contributed by atoms with van der Waals surface area (Å²) in [6, 6.07) is 12.5. The molecule has 2 aromatic rings. The van der Waals surface area contributed by atoms with E-state index in [2.05, 4.69) is 4.74 Å². The number of carbonyl (C=O) groups is 2. The van der Waals surface area contributed by atoms with Crippen molar-refractivity contribution in [1.29, 1.82) is 0 Å². The number of methoxy groups -OCH3 is 2. The van der Waals surface area contributed by atoms with Crippen LogP contribution in [0.1, 0.15) is 11.1 Å².